The lowest BCUT2D eigenvalue weighted by atomic mass is 9.96. The summed E-state index contributed by atoms with van der Waals surface area (Å²) in [4.78, 5) is 18.6. The highest BCUT2D eigenvalue weighted by molar-refractivity contribution is 7.16. The van der Waals surface area contributed by atoms with Crippen LogP contribution in [0.15, 0.2) is 30.3 Å². The highest BCUT2D eigenvalue weighted by atomic mass is 35.5. The molecule has 6 heteroatoms. The van der Waals surface area contributed by atoms with E-state index in [1.54, 1.807) is 11.3 Å². The average molecular weight is 391 g/mol. The van der Waals surface area contributed by atoms with Gasteiger partial charge in [-0.25, -0.2) is 0 Å². The van der Waals surface area contributed by atoms with Crippen molar-refractivity contribution in [1.29, 1.82) is 0 Å². The zero-order valence-electron chi connectivity index (χ0n) is 15.1. The molecule has 4 rings (SSSR count). The van der Waals surface area contributed by atoms with Gasteiger partial charge in [-0.15, -0.1) is 11.3 Å². The first kappa shape index (κ1) is 17.8. The molecule has 0 aliphatic carbocycles. The van der Waals surface area contributed by atoms with Crippen molar-refractivity contribution in [2.75, 3.05) is 26.2 Å². The van der Waals surface area contributed by atoms with Crippen LogP contribution in [0.1, 0.15) is 40.6 Å². The number of rotatable bonds is 3. The van der Waals surface area contributed by atoms with Gasteiger partial charge in [-0.3, -0.25) is 9.69 Å². The molecule has 2 atom stereocenters. The average Bonchev–Trinajstić information content (AvgIpc) is 3.18. The van der Waals surface area contributed by atoms with Gasteiger partial charge in [-0.05, 0) is 25.1 Å². The van der Waals surface area contributed by atoms with E-state index in [2.05, 4.69) is 30.9 Å². The molecule has 2 unspecified atom stereocenters. The molecule has 1 saturated heterocycles. The SMILES string of the molecule is CC1Oc2c(C(=O)N3CCN(Cc4ccc(Cl)s4)CC3)cccc2C1C. The zero-order valence-corrected chi connectivity index (χ0v) is 16.6. The van der Waals surface area contributed by atoms with Crippen molar-refractivity contribution < 1.29 is 9.53 Å². The number of carbonyl (C=O) groups excluding carboxylic acids is 1. The Labute approximate surface area is 163 Å². The van der Waals surface area contributed by atoms with Crippen LogP contribution in [-0.4, -0.2) is 48.0 Å². The molecule has 2 aliphatic rings. The lowest BCUT2D eigenvalue weighted by Gasteiger charge is -2.34. The van der Waals surface area contributed by atoms with Crippen LogP contribution in [0.4, 0.5) is 0 Å². The summed E-state index contributed by atoms with van der Waals surface area (Å²) >= 11 is 7.64. The number of fused-ring (bicyclic) bond motifs is 1. The van der Waals surface area contributed by atoms with Crippen LogP contribution in [0.25, 0.3) is 0 Å². The van der Waals surface area contributed by atoms with Crippen LogP contribution < -0.4 is 4.74 Å². The predicted octanol–water partition coefficient (Wildman–Crippen LogP) is 4.24. The van der Waals surface area contributed by atoms with Gasteiger partial charge >= 0.3 is 0 Å². The summed E-state index contributed by atoms with van der Waals surface area (Å²) in [6.07, 6.45) is 0.119. The van der Waals surface area contributed by atoms with Gasteiger partial charge in [-0.1, -0.05) is 30.7 Å². The lowest BCUT2D eigenvalue weighted by Crippen LogP contribution is -2.48. The van der Waals surface area contributed by atoms with E-state index in [1.807, 2.05) is 23.1 Å². The Hall–Kier alpha value is -1.56. The number of thiophene rings is 1. The van der Waals surface area contributed by atoms with E-state index in [0.717, 1.165) is 48.4 Å². The number of ether oxygens (including phenoxy) is 1. The molecule has 1 amide bonds. The third-order valence-electron chi connectivity index (χ3n) is 5.44. The largest absolute Gasteiger partial charge is 0.489 e. The van der Waals surface area contributed by atoms with Gasteiger partial charge in [0.1, 0.15) is 11.9 Å². The van der Waals surface area contributed by atoms with E-state index in [-0.39, 0.29) is 12.0 Å². The number of piperazine rings is 1. The van der Waals surface area contributed by atoms with Crippen LogP contribution in [0.2, 0.25) is 4.34 Å². The van der Waals surface area contributed by atoms with Gasteiger partial charge in [0.15, 0.2) is 0 Å². The molecule has 1 aromatic carbocycles. The Morgan fingerprint density at radius 3 is 2.65 bits per heavy atom. The maximum Gasteiger partial charge on any atom is 0.257 e. The minimum Gasteiger partial charge on any atom is -0.489 e. The molecule has 2 aromatic rings. The number of para-hydroxylation sites is 1. The Balaban J connectivity index is 1.42. The van der Waals surface area contributed by atoms with Crippen LogP contribution in [0, 0.1) is 0 Å². The summed E-state index contributed by atoms with van der Waals surface area (Å²) in [6.45, 7) is 8.36. The molecule has 26 heavy (non-hydrogen) atoms. The summed E-state index contributed by atoms with van der Waals surface area (Å²) < 4.78 is 6.82. The van der Waals surface area contributed by atoms with Crippen LogP contribution >= 0.6 is 22.9 Å². The normalized spacial score (nSPS) is 23.0. The first-order valence-corrected chi connectivity index (χ1v) is 10.3. The molecule has 0 saturated carbocycles. The topological polar surface area (TPSA) is 32.8 Å². The third-order valence-corrected chi connectivity index (χ3v) is 6.66. The molecule has 3 heterocycles. The van der Waals surface area contributed by atoms with Gasteiger partial charge in [0.25, 0.3) is 5.91 Å². The van der Waals surface area contributed by atoms with Crippen molar-refractivity contribution in [1.82, 2.24) is 9.80 Å². The van der Waals surface area contributed by atoms with Crippen molar-refractivity contribution in [3.63, 3.8) is 0 Å². The van der Waals surface area contributed by atoms with Gasteiger partial charge < -0.3 is 9.64 Å². The van der Waals surface area contributed by atoms with Gasteiger partial charge in [0, 0.05) is 49.1 Å². The van der Waals surface area contributed by atoms with E-state index >= 15 is 0 Å². The van der Waals surface area contributed by atoms with E-state index in [4.69, 9.17) is 16.3 Å². The van der Waals surface area contributed by atoms with Gasteiger partial charge in [-0.2, -0.15) is 0 Å². The zero-order chi connectivity index (χ0) is 18.3. The Morgan fingerprint density at radius 2 is 1.96 bits per heavy atom. The monoisotopic (exact) mass is 390 g/mol. The fourth-order valence-corrected chi connectivity index (χ4v) is 4.82. The second-order valence-corrected chi connectivity index (χ2v) is 8.91. The van der Waals surface area contributed by atoms with E-state index < -0.39 is 0 Å². The number of hydrogen-bond acceptors (Lipinski definition) is 4. The summed E-state index contributed by atoms with van der Waals surface area (Å²) in [5.41, 5.74) is 1.86. The number of nitrogens with zero attached hydrogens (tertiary/aromatic N) is 2. The van der Waals surface area contributed by atoms with Crippen LogP contribution in [-0.2, 0) is 6.54 Å². The van der Waals surface area contributed by atoms with Crippen molar-refractivity contribution in [2.45, 2.75) is 32.4 Å². The Bertz CT molecular complexity index is 814. The number of hydrogen-bond donors (Lipinski definition) is 0. The standard InChI is InChI=1S/C20H23ClN2O2S/c1-13-14(2)25-19-16(13)4-3-5-17(19)20(24)23-10-8-22(9-11-23)12-15-6-7-18(21)26-15/h3-7,13-14H,8-12H2,1-2H3. The summed E-state index contributed by atoms with van der Waals surface area (Å²) in [6, 6.07) is 9.97. The minimum absolute atomic E-state index is 0.0852. The van der Waals surface area contributed by atoms with Crippen molar-refractivity contribution >= 4 is 28.8 Å². The molecule has 0 bridgehead atoms. The molecular weight excluding hydrogens is 368 g/mol. The van der Waals surface area contributed by atoms with Gasteiger partial charge in [0.05, 0.1) is 9.90 Å². The number of benzene rings is 1. The first-order chi connectivity index (χ1) is 12.5. The van der Waals surface area contributed by atoms with Crippen molar-refractivity contribution in [3.8, 4) is 5.75 Å². The molecule has 2 aliphatic heterocycles. The number of amides is 1. The quantitative estimate of drug-likeness (QED) is 0.785. The van der Waals surface area contributed by atoms with Crippen LogP contribution in [0.5, 0.6) is 5.75 Å². The molecule has 138 valence electrons. The number of carbonyl (C=O) groups is 1. The lowest BCUT2D eigenvalue weighted by molar-refractivity contribution is 0.0625. The summed E-state index contributed by atoms with van der Waals surface area (Å²) in [7, 11) is 0. The highest BCUT2D eigenvalue weighted by Crippen LogP contribution is 2.40. The Kier molecular flexibility index (Phi) is 4.95. The molecule has 4 nitrogen and oxygen atoms in total. The fourth-order valence-electron chi connectivity index (χ4n) is 3.69. The van der Waals surface area contributed by atoms with Crippen molar-refractivity contribution in [3.05, 3.63) is 50.7 Å². The smallest absolute Gasteiger partial charge is 0.257 e. The van der Waals surface area contributed by atoms with Crippen molar-refractivity contribution in [2.24, 2.45) is 0 Å². The third kappa shape index (κ3) is 3.36. The Morgan fingerprint density at radius 1 is 1.19 bits per heavy atom. The maximum absolute atomic E-state index is 13.1. The second-order valence-electron chi connectivity index (χ2n) is 7.11. The predicted molar refractivity (Wildman–Crippen MR) is 105 cm³/mol. The second kappa shape index (κ2) is 7.22. The number of halogens is 1. The summed E-state index contributed by atoms with van der Waals surface area (Å²) in [5.74, 6) is 1.20. The van der Waals surface area contributed by atoms with E-state index in [9.17, 15) is 4.79 Å². The molecule has 1 fully saturated rings. The highest BCUT2D eigenvalue weighted by Gasteiger charge is 2.33. The summed E-state index contributed by atoms with van der Waals surface area (Å²) in [5, 5.41) is 0. The molecule has 0 N–H and O–H groups in total. The fraction of sp³-hybridized carbons (Fsp3) is 0.450. The van der Waals surface area contributed by atoms with E-state index in [0.29, 0.717) is 11.5 Å². The minimum atomic E-state index is 0.0852. The molecule has 1 aromatic heterocycles. The molecule has 0 radical (unpaired) electrons. The maximum atomic E-state index is 13.1. The van der Waals surface area contributed by atoms with E-state index in [1.165, 1.54) is 4.88 Å². The first-order valence-electron chi connectivity index (χ1n) is 9.08. The molecule has 0 spiro atoms. The molecular formula is C20H23ClN2O2S. The van der Waals surface area contributed by atoms with Crippen LogP contribution in [0.3, 0.4) is 0 Å². The van der Waals surface area contributed by atoms with Gasteiger partial charge in [0.2, 0.25) is 0 Å².